The SMILES string of the molecule is Cc1ccc(-n2nc(C(C)(C)C)cc2NC(=O)Nc2ccc(N3CCN(C(=O)c4ccc(CN(C)C)cc4)CC3)cc2C)cc1. The molecule has 9 heteroatoms. The third-order valence-corrected chi connectivity index (χ3v) is 8.09. The van der Waals surface area contributed by atoms with Gasteiger partial charge in [0.2, 0.25) is 0 Å². The number of urea groups is 1. The van der Waals surface area contributed by atoms with Crippen molar-refractivity contribution in [3.05, 3.63) is 101 Å². The molecule has 0 saturated carbocycles. The first-order valence-corrected chi connectivity index (χ1v) is 15.5. The predicted molar refractivity (Wildman–Crippen MR) is 183 cm³/mol. The van der Waals surface area contributed by atoms with Crippen LogP contribution in [0.2, 0.25) is 0 Å². The van der Waals surface area contributed by atoms with E-state index in [4.69, 9.17) is 5.10 Å². The molecular formula is C36H45N7O2. The first-order chi connectivity index (χ1) is 21.4. The molecule has 45 heavy (non-hydrogen) atoms. The van der Waals surface area contributed by atoms with Crippen molar-refractivity contribution in [2.75, 3.05) is 55.8 Å². The van der Waals surface area contributed by atoms with Crippen LogP contribution in [-0.4, -0.2) is 71.8 Å². The quantitative estimate of drug-likeness (QED) is 0.252. The van der Waals surface area contributed by atoms with Crippen LogP contribution in [0.1, 0.15) is 53.5 Å². The molecular weight excluding hydrogens is 562 g/mol. The Morgan fingerprint density at radius 3 is 2.07 bits per heavy atom. The highest BCUT2D eigenvalue weighted by Crippen LogP contribution is 2.28. The summed E-state index contributed by atoms with van der Waals surface area (Å²) in [6, 6.07) is 23.6. The lowest BCUT2D eigenvalue weighted by atomic mass is 9.92. The number of hydrogen-bond acceptors (Lipinski definition) is 5. The summed E-state index contributed by atoms with van der Waals surface area (Å²) in [7, 11) is 4.07. The minimum absolute atomic E-state index is 0.0751. The first kappa shape index (κ1) is 31.8. The standard InChI is InChI=1S/C36H45N7O2/c1-25-8-14-29(15-9-25)43-33(23-32(39-43)36(3,4)5)38-35(45)37-31-17-16-30(22-26(31)2)41-18-20-42(21-19-41)34(44)28-12-10-27(11-13-28)24-40(6)7/h8-17,22-23H,18-21,24H2,1-7H3,(H2,37,38,45). The normalized spacial score (nSPS) is 13.7. The van der Waals surface area contributed by atoms with Gasteiger partial charge in [0.15, 0.2) is 0 Å². The van der Waals surface area contributed by atoms with Crippen molar-refractivity contribution in [3.8, 4) is 5.69 Å². The van der Waals surface area contributed by atoms with Crippen LogP contribution in [0.25, 0.3) is 5.69 Å². The fraction of sp³-hybridized carbons (Fsp3) is 0.361. The highest BCUT2D eigenvalue weighted by Gasteiger charge is 2.24. The van der Waals surface area contributed by atoms with E-state index in [1.807, 2.05) is 99.6 Å². The van der Waals surface area contributed by atoms with Crippen molar-refractivity contribution in [1.29, 1.82) is 0 Å². The molecule has 1 saturated heterocycles. The Morgan fingerprint density at radius 1 is 0.822 bits per heavy atom. The number of carbonyl (C=O) groups is 2. The van der Waals surface area contributed by atoms with Crippen molar-refractivity contribution in [2.45, 2.75) is 46.6 Å². The highest BCUT2D eigenvalue weighted by molar-refractivity contribution is 6.00. The number of carbonyl (C=O) groups excluding carboxylic acids is 2. The van der Waals surface area contributed by atoms with Crippen molar-refractivity contribution in [3.63, 3.8) is 0 Å². The van der Waals surface area contributed by atoms with E-state index in [0.717, 1.165) is 59.1 Å². The molecule has 2 heterocycles. The van der Waals surface area contributed by atoms with Crippen molar-refractivity contribution in [2.24, 2.45) is 0 Å². The monoisotopic (exact) mass is 607 g/mol. The molecule has 0 radical (unpaired) electrons. The van der Waals surface area contributed by atoms with Gasteiger partial charge in [0, 0.05) is 61.1 Å². The average molecular weight is 608 g/mol. The number of amides is 3. The molecule has 2 N–H and O–H groups in total. The molecule has 0 aliphatic carbocycles. The number of nitrogens with one attached hydrogen (secondary N) is 2. The molecule has 1 aromatic heterocycles. The van der Waals surface area contributed by atoms with E-state index < -0.39 is 0 Å². The van der Waals surface area contributed by atoms with Crippen LogP contribution in [0, 0.1) is 13.8 Å². The van der Waals surface area contributed by atoms with Crippen LogP contribution < -0.4 is 15.5 Å². The maximum atomic E-state index is 13.2. The molecule has 3 aromatic carbocycles. The molecule has 5 rings (SSSR count). The van der Waals surface area contributed by atoms with Gasteiger partial charge in [-0.2, -0.15) is 5.10 Å². The Bertz CT molecular complexity index is 1640. The van der Waals surface area contributed by atoms with Crippen molar-refractivity contribution < 1.29 is 9.59 Å². The summed E-state index contributed by atoms with van der Waals surface area (Å²) >= 11 is 0. The highest BCUT2D eigenvalue weighted by atomic mass is 16.2. The fourth-order valence-electron chi connectivity index (χ4n) is 5.44. The van der Waals surface area contributed by atoms with E-state index in [0.29, 0.717) is 18.9 Å². The number of benzene rings is 3. The van der Waals surface area contributed by atoms with E-state index in [-0.39, 0.29) is 17.4 Å². The summed E-state index contributed by atoms with van der Waals surface area (Å²) in [6.07, 6.45) is 0. The van der Waals surface area contributed by atoms with E-state index in [1.165, 1.54) is 5.56 Å². The Balaban J connectivity index is 1.20. The summed E-state index contributed by atoms with van der Waals surface area (Å²) in [6.45, 7) is 14.0. The van der Waals surface area contributed by atoms with Crippen LogP contribution in [-0.2, 0) is 12.0 Å². The minimum atomic E-state index is -0.332. The van der Waals surface area contributed by atoms with Crippen LogP contribution in [0.3, 0.4) is 0 Å². The molecule has 1 aliphatic heterocycles. The maximum absolute atomic E-state index is 13.2. The lowest BCUT2D eigenvalue weighted by molar-refractivity contribution is 0.0746. The zero-order valence-electron chi connectivity index (χ0n) is 27.5. The van der Waals surface area contributed by atoms with Gasteiger partial charge in [0.05, 0.1) is 11.4 Å². The Morgan fingerprint density at radius 2 is 1.47 bits per heavy atom. The second kappa shape index (κ2) is 13.2. The lowest BCUT2D eigenvalue weighted by Gasteiger charge is -2.36. The third kappa shape index (κ3) is 7.72. The lowest BCUT2D eigenvalue weighted by Crippen LogP contribution is -2.48. The Kier molecular flexibility index (Phi) is 9.29. The molecule has 236 valence electrons. The molecule has 4 aromatic rings. The molecule has 0 unspecified atom stereocenters. The van der Waals surface area contributed by atoms with Gasteiger partial charge >= 0.3 is 6.03 Å². The van der Waals surface area contributed by atoms with Crippen LogP contribution >= 0.6 is 0 Å². The van der Waals surface area contributed by atoms with Gasteiger partial charge < -0.3 is 20.0 Å². The van der Waals surface area contributed by atoms with Crippen molar-refractivity contribution in [1.82, 2.24) is 19.6 Å². The van der Waals surface area contributed by atoms with Gasteiger partial charge in [0.1, 0.15) is 5.82 Å². The zero-order valence-corrected chi connectivity index (χ0v) is 27.5. The number of anilines is 3. The van der Waals surface area contributed by atoms with E-state index >= 15 is 0 Å². The molecule has 0 spiro atoms. The van der Waals surface area contributed by atoms with E-state index in [9.17, 15) is 9.59 Å². The smallest absolute Gasteiger partial charge is 0.324 e. The predicted octanol–water partition coefficient (Wildman–Crippen LogP) is 6.45. The summed E-state index contributed by atoms with van der Waals surface area (Å²) in [4.78, 5) is 32.6. The molecule has 1 aliphatic rings. The zero-order chi connectivity index (χ0) is 32.3. The Hall–Kier alpha value is -4.63. The number of hydrogen-bond donors (Lipinski definition) is 2. The van der Waals surface area contributed by atoms with Gasteiger partial charge in [-0.1, -0.05) is 50.6 Å². The minimum Gasteiger partial charge on any atom is -0.368 e. The molecule has 9 nitrogen and oxygen atoms in total. The van der Waals surface area contributed by atoms with Gasteiger partial charge in [-0.3, -0.25) is 10.1 Å². The Labute approximate surface area is 266 Å². The third-order valence-electron chi connectivity index (χ3n) is 8.09. The largest absolute Gasteiger partial charge is 0.368 e. The topological polar surface area (TPSA) is 85.7 Å². The van der Waals surface area contributed by atoms with Crippen LogP contribution in [0.5, 0.6) is 0 Å². The van der Waals surface area contributed by atoms with Crippen LogP contribution in [0.15, 0.2) is 72.8 Å². The first-order valence-electron chi connectivity index (χ1n) is 15.5. The second-order valence-electron chi connectivity index (χ2n) is 13.2. The van der Waals surface area contributed by atoms with Gasteiger partial charge in [-0.15, -0.1) is 0 Å². The van der Waals surface area contributed by atoms with E-state index in [1.54, 1.807) is 4.68 Å². The summed E-state index contributed by atoms with van der Waals surface area (Å²) in [5.41, 5.74) is 7.44. The van der Waals surface area contributed by atoms with E-state index in [2.05, 4.69) is 47.3 Å². The van der Waals surface area contributed by atoms with Crippen molar-refractivity contribution >= 4 is 29.1 Å². The summed E-state index contributed by atoms with van der Waals surface area (Å²) in [5, 5.41) is 10.8. The fourth-order valence-corrected chi connectivity index (χ4v) is 5.44. The molecule has 1 fully saturated rings. The van der Waals surface area contributed by atoms with Gasteiger partial charge in [0.25, 0.3) is 5.91 Å². The number of piperazine rings is 1. The maximum Gasteiger partial charge on any atom is 0.324 e. The number of aryl methyl sites for hydroxylation is 2. The number of nitrogens with zero attached hydrogens (tertiary/aromatic N) is 5. The molecule has 3 amide bonds. The average Bonchev–Trinajstić information content (AvgIpc) is 3.43. The summed E-state index contributed by atoms with van der Waals surface area (Å²) in [5.74, 6) is 0.679. The van der Waals surface area contributed by atoms with Gasteiger partial charge in [-0.25, -0.2) is 9.48 Å². The molecule has 0 bridgehead atoms. The van der Waals surface area contributed by atoms with Gasteiger partial charge in [-0.05, 0) is 81.5 Å². The second-order valence-corrected chi connectivity index (χ2v) is 13.2. The number of aromatic nitrogens is 2. The summed E-state index contributed by atoms with van der Waals surface area (Å²) < 4.78 is 1.78. The molecule has 0 atom stereocenters. The number of rotatable bonds is 7. The van der Waals surface area contributed by atoms with Crippen LogP contribution in [0.4, 0.5) is 22.0 Å².